The van der Waals surface area contributed by atoms with Gasteiger partial charge in [-0.2, -0.15) is 5.26 Å². The minimum Gasteiger partial charge on any atom is -0.410 e. The highest BCUT2D eigenvalue weighted by Crippen LogP contribution is 2.39. The standard InChI is InChI=1S/C21H13N3O2/c22-12-13-8-10-14(11-9-13)23-21(25)18-7-3-6-17-19(18)15-4-1-2-5-16(15)20(17)24-26/h1-11,26H,(H,23,25)/b24-20-. The highest BCUT2D eigenvalue weighted by Gasteiger charge is 2.29. The Labute approximate surface area is 149 Å². The molecule has 0 atom stereocenters. The van der Waals surface area contributed by atoms with Gasteiger partial charge in [-0.05, 0) is 35.9 Å². The number of nitrogens with one attached hydrogen (secondary N) is 1. The van der Waals surface area contributed by atoms with E-state index in [1.165, 1.54) is 0 Å². The number of rotatable bonds is 2. The number of benzene rings is 3. The molecule has 0 saturated heterocycles. The second-order valence-corrected chi connectivity index (χ2v) is 5.87. The molecule has 2 N–H and O–H groups in total. The van der Waals surface area contributed by atoms with E-state index in [4.69, 9.17) is 5.26 Å². The number of fused-ring (bicyclic) bond motifs is 3. The molecule has 0 unspecified atom stereocenters. The Balaban J connectivity index is 1.77. The number of amides is 1. The fraction of sp³-hybridized carbons (Fsp3) is 0. The monoisotopic (exact) mass is 339 g/mol. The molecule has 1 amide bonds. The molecular formula is C21H13N3O2. The van der Waals surface area contributed by atoms with Crippen LogP contribution in [0, 0.1) is 11.3 Å². The Morgan fingerprint density at radius 1 is 0.923 bits per heavy atom. The summed E-state index contributed by atoms with van der Waals surface area (Å²) >= 11 is 0. The van der Waals surface area contributed by atoms with Crippen molar-refractivity contribution in [2.75, 3.05) is 5.32 Å². The van der Waals surface area contributed by atoms with Crippen LogP contribution in [-0.4, -0.2) is 16.8 Å². The van der Waals surface area contributed by atoms with Gasteiger partial charge in [0, 0.05) is 27.9 Å². The number of hydrogen-bond acceptors (Lipinski definition) is 4. The van der Waals surface area contributed by atoms with Crippen molar-refractivity contribution in [3.63, 3.8) is 0 Å². The Kier molecular flexibility index (Phi) is 3.71. The molecule has 3 aromatic rings. The average Bonchev–Trinajstić information content (AvgIpc) is 3.02. The fourth-order valence-electron chi connectivity index (χ4n) is 3.22. The molecule has 1 aliphatic rings. The zero-order chi connectivity index (χ0) is 18.1. The van der Waals surface area contributed by atoms with Crippen molar-refractivity contribution >= 4 is 17.3 Å². The Morgan fingerprint density at radius 3 is 2.31 bits per heavy atom. The van der Waals surface area contributed by atoms with Crippen molar-refractivity contribution in [1.29, 1.82) is 5.26 Å². The summed E-state index contributed by atoms with van der Waals surface area (Å²) in [6, 6.07) is 21.6. The minimum atomic E-state index is -0.263. The molecule has 0 aliphatic heterocycles. The van der Waals surface area contributed by atoms with E-state index >= 15 is 0 Å². The third-order valence-corrected chi connectivity index (χ3v) is 4.39. The van der Waals surface area contributed by atoms with Crippen LogP contribution in [0.1, 0.15) is 27.0 Å². The maximum atomic E-state index is 12.9. The zero-order valence-corrected chi connectivity index (χ0v) is 13.6. The van der Waals surface area contributed by atoms with Crippen LogP contribution >= 0.6 is 0 Å². The summed E-state index contributed by atoms with van der Waals surface area (Å²) in [6.07, 6.45) is 0. The van der Waals surface area contributed by atoms with Gasteiger partial charge >= 0.3 is 0 Å². The molecule has 4 rings (SSSR count). The molecule has 0 radical (unpaired) electrons. The molecule has 26 heavy (non-hydrogen) atoms. The number of nitriles is 1. The van der Waals surface area contributed by atoms with E-state index in [1.807, 2.05) is 36.4 Å². The Hall–Kier alpha value is -3.91. The number of carbonyl (C=O) groups excluding carboxylic acids is 1. The lowest BCUT2D eigenvalue weighted by molar-refractivity contribution is 0.102. The molecule has 0 saturated carbocycles. The van der Waals surface area contributed by atoms with E-state index in [0.717, 1.165) is 22.3 Å². The van der Waals surface area contributed by atoms with E-state index < -0.39 is 0 Å². The normalized spacial score (nSPS) is 13.0. The summed E-state index contributed by atoms with van der Waals surface area (Å²) in [5.74, 6) is -0.263. The van der Waals surface area contributed by atoms with Crippen molar-refractivity contribution in [1.82, 2.24) is 0 Å². The van der Waals surface area contributed by atoms with E-state index in [2.05, 4.69) is 10.5 Å². The Morgan fingerprint density at radius 2 is 1.62 bits per heavy atom. The zero-order valence-electron chi connectivity index (χ0n) is 13.6. The van der Waals surface area contributed by atoms with Gasteiger partial charge in [0.05, 0.1) is 11.6 Å². The first kappa shape index (κ1) is 15.6. The summed E-state index contributed by atoms with van der Waals surface area (Å²) in [6.45, 7) is 0. The average molecular weight is 339 g/mol. The van der Waals surface area contributed by atoms with Crippen molar-refractivity contribution in [3.8, 4) is 17.2 Å². The van der Waals surface area contributed by atoms with Crippen LogP contribution in [0.3, 0.4) is 0 Å². The van der Waals surface area contributed by atoms with E-state index in [9.17, 15) is 10.0 Å². The molecule has 5 heteroatoms. The lowest BCUT2D eigenvalue weighted by Gasteiger charge is -2.10. The highest BCUT2D eigenvalue weighted by molar-refractivity contribution is 6.27. The molecule has 0 spiro atoms. The molecule has 124 valence electrons. The van der Waals surface area contributed by atoms with Crippen molar-refractivity contribution in [2.45, 2.75) is 0 Å². The van der Waals surface area contributed by atoms with E-state index in [1.54, 1.807) is 36.4 Å². The van der Waals surface area contributed by atoms with Crippen LogP contribution in [0.4, 0.5) is 5.69 Å². The molecule has 3 aromatic carbocycles. The SMILES string of the molecule is N#Cc1ccc(NC(=O)c2cccc3c2-c2ccccc2/C3=N/O)cc1. The van der Waals surface area contributed by atoms with E-state index in [-0.39, 0.29) is 5.91 Å². The van der Waals surface area contributed by atoms with Crippen LogP contribution in [0.15, 0.2) is 71.9 Å². The predicted molar refractivity (Wildman–Crippen MR) is 98.4 cm³/mol. The number of oxime groups is 1. The summed E-state index contributed by atoms with van der Waals surface area (Å²) in [4.78, 5) is 12.9. The maximum absolute atomic E-state index is 12.9. The van der Waals surface area contributed by atoms with Crippen molar-refractivity contribution in [2.24, 2.45) is 5.16 Å². The summed E-state index contributed by atoms with van der Waals surface area (Å²) in [7, 11) is 0. The first-order valence-electron chi connectivity index (χ1n) is 7.99. The maximum Gasteiger partial charge on any atom is 0.256 e. The highest BCUT2D eigenvalue weighted by atomic mass is 16.4. The number of carbonyl (C=O) groups is 1. The number of nitrogens with zero attached hydrogens (tertiary/aromatic N) is 2. The van der Waals surface area contributed by atoms with Crippen LogP contribution < -0.4 is 5.32 Å². The molecule has 0 heterocycles. The predicted octanol–water partition coefficient (Wildman–Crippen LogP) is 4.02. The summed E-state index contributed by atoms with van der Waals surface area (Å²) in [5.41, 5.74) is 5.23. The lowest BCUT2D eigenvalue weighted by Crippen LogP contribution is -2.13. The van der Waals surface area contributed by atoms with Crippen molar-refractivity contribution in [3.05, 3.63) is 89.0 Å². The number of anilines is 1. The van der Waals surface area contributed by atoms with Gasteiger partial charge in [-0.15, -0.1) is 0 Å². The van der Waals surface area contributed by atoms with Crippen LogP contribution in [0.5, 0.6) is 0 Å². The third-order valence-electron chi connectivity index (χ3n) is 4.39. The molecule has 1 aliphatic carbocycles. The van der Waals surface area contributed by atoms with Crippen LogP contribution in [0.2, 0.25) is 0 Å². The van der Waals surface area contributed by atoms with Gasteiger partial charge in [0.2, 0.25) is 0 Å². The van der Waals surface area contributed by atoms with Gasteiger partial charge in [-0.25, -0.2) is 0 Å². The molecular weight excluding hydrogens is 326 g/mol. The molecule has 0 fully saturated rings. The first-order chi connectivity index (χ1) is 12.7. The summed E-state index contributed by atoms with van der Waals surface area (Å²) < 4.78 is 0. The van der Waals surface area contributed by atoms with Gasteiger partial charge in [-0.3, -0.25) is 4.79 Å². The smallest absolute Gasteiger partial charge is 0.256 e. The van der Waals surface area contributed by atoms with E-state index in [0.29, 0.717) is 22.5 Å². The van der Waals surface area contributed by atoms with Crippen molar-refractivity contribution < 1.29 is 10.0 Å². The Bertz CT molecular complexity index is 1090. The van der Waals surface area contributed by atoms with Gasteiger partial charge in [0.25, 0.3) is 5.91 Å². The van der Waals surface area contributed by atoms with Gasteiger partial charge in [0.15, 0.2) is 0 Å². The second kappa shape index (κ2) is 6.19. The summed E-state index contributed by atoms with van der Waals surface area (Å²) in [5, 5.41) is 24.6. The first-order valence-corrected chi connectivity index (χ1v) is 7.99. The largest absolute Gasteiger partial charge is 0.410 e. The quantitative estimate of drug-likeness (QED) is 0.427. The van der Waals surface area contributed by atoms with Crippen LogP contribution in [0.25, 0.3) is 11.1 Å². The van der Waals surface area contributed by atoms with Gasteiger partial charge in [0.1, 0.15) is 5.71 Å². The lowest BCUT2D eigenvalue weighted by atomic mass is 9.99. The topological polar surface area (TPSA) is 85.5 Å². The number of hydrogen-bond donors (Lipinski definition) is 2. The molecule has 5 nitrogen and oxygen atoms in total. The minimum absolute atomic E-state index is 0.263. The fourth-order valence-corrected chi connectivity index (χ4v) is 3.22. The molecule has 0 aromatic heterocycles. The van der Waals surface area contributed by atoms with Gasteiger partial charge in [-0.1, -0.05) is 41.6 Å². The van der Waals surface area contributed by atoms with Gasteiger partial charge < -0.3 is 10.5 Å². The van der Waals surface area contributed by atoms with Crippen LogP contribution in [-0.2, 0) is 0 Å². The second-order valence-electron chi connectivity index (χ2n) is 5.87. The molecule has 0 bridgehead atoms. The third kappa shape index (κ3) is 2.41.